The lowest BCUT2D eigenvalue weighted by Gasteiger charge is -2.45. The number of amides is 1. The Morgan fingerprint density at radius 2 is 1.93 bits per heavy atom. The van der Waals surface area contributed by atoms with Gasteiger partial charge in [-0.25, -0.2) is 18.7 Å². The summed E-state index contributed by atoms with van der Waals surface area (Å²) in [7, 11) is 1.75. The Morgan fingerprint density at radius 3 is 2.61 bits per heavy atom. The summed E-state index contributed by atoms with van der Waals surface area (Å²) in [6, 6.07) is 5.77. The molecule has 0 saturated carbocycles. The number of benzene rings is 1. The van der Waals surface area contributed by atoms with Gasteiger partial charge in [-0.2, -0.15) is 4.98 Å². The Hall–Kier alpha value is -4.51. The number of rotatable bonds is 4. The SMILES string of the molecule is C=CC(=O)N1CC2CN(C)c3c(F)c(-c4c(O)cccc4Cl)nc4c3c(nc(=O)n4-c3c(C)ccnc3C(C)C)N2CC1C. The van der Waals surface area contributed by atoms with Crippen LogP contribution in [0.4, 0.5) is 15.9 Å². The summed E-state index contributed by atoms with van der Waals surface area (Å²) in [6.07, 6.45) is 2.97. The molecule has 2 atom stereocenters. The molecule has 1 amide bonds. The van der Waals surface area contributed by atoms with E-state index in [1.54, 1.807) is 41.2 Å². The van der Waals surface area contributed by atoms with Crippen LogP contribution in [0.2, 0.25) is 5.02 Å². The zero-order valence-corrected chi connectivity index (χ0v) is 25.9. The maximum Gasteiger partial charge on any atom is 0.355 e. The van der Waals surface area contributed by atoms with Crippen LogP contribution >= 0.6 is 11.6 Å². The van der Waals surface area contributed by atoms with Crippen LogP contribution in [0.15, 0.2) is 47.9 Å². The minimum absolute atomic E-state index is 0.0147. The van der Waals surface area contributed by atoms with E-state index in [2.05, 4.69) is 16.5 Å². The Balaban J connectivity index is 1.75. The summed E-state index contributed by atoms with van der Waals surface area (Å²) in [4.78, 5) is 46.4. The average Bonchev–Trinajstić information content (AvgIpc) is 3.08. The van der Waals surface area contributed by atoms with E-state index in [1.807, 2.05) is 32.6 Å². The van der Waals surface area contributed by atoms with Crippen molar-refractivity contribution in [3.8, 4) is 22.7 Å². The Morgan fingerprint density at radius 1 is 1.18 bits per heavy atom. The van der Waals surface area contributed by atoms with Gasteiger partial charge in [0.05, 0.1) is 39.1 Å². The molecule has 228 valence electrons. The van der Waals surface area contributed by atoms with Crippen molar-refractivity contribution in [1.29, 1.82) is 0 Å². The summed E-state index contributed by atoms with van der Waals surface area (Å²) in [5.41, 5.74) is 1.48. The number of hydrogen-bond donors (Lipinski definition) is 1. The molecule has 12 heteroatoms. The Bertz CT molecular complexity index is 1890. The van der Waals surface area contributed by atoms with Crippen molar-refractivity contribution in [2.75, 3.05) is 36.5 Å². The highest BCUT2D eigenvalue weighted by atomic mass is 35.5. The van der Waals surface area contributed by atoms with Gasteiger partial charge in [0, 0.05) is 38.9 Å². The first-order chi connectivity index (χ1) is 20.9. The highest BCUT2D eigenvalue weighted by molar-refractivity contribution is 6.33. The van der Waals surface area contributed by atoms with E-state index in [1.165, 1.54) is 16.7 Å². The standard InChI is InChI=1S/C32H33ClFN7O3/c1-7-22(43)39-15-19-14-38(6)29-24-30(40(19)13-18(39)5)37-32(44)41(28-17(4)11-12-35-26(28)16(2)3)31(24)36-27(25(29)34)23-20(33)9-8-10-21(23)42/h7-12,16,18-19,42H,1,13-15H2,2-6H3. The van der Waals surface area contributed by atoms with Crippen molar-refractivity contribution in [1.82, 2.24) is 24.4 Å². The second kappa shape index (κ2) is 10.9. The smallest absolute Gasteiger partial charge is 0.355 e. The van der Waals surface area contributed by atoms with E-state index >= 15 is 4.39 Å². The summed E-state index contributed by atoms with van der Waals surface area (Å²) < 4.78 is 18.3. The van der Waals surface area contributed by atoms with Gasteiger partial charge in [0.1, 0.15) is 17.3 Å². The number of carbonyl (C=O) groups is 1. The number of nitrogens with zero attached hydrogens (tertiary/aromatic N) is 7. The first-order valence-corrected chi connectivity index (χ1v) is 14.8. The summed E-state index contributed by atoms with van der Waals surface area (Å²) in [5.74, 6) is -0.932. The Labute approximate surface area is 259 Å². The van der Waals surface area contributed by atoms with Gasteiger partial charge in [-0.05, 0) is 49.6 Å². The lowest BCUT2D eigenvalue weighted by molar-refractivity contribution is -0.128. The number of carbonyl (C=O) groups excluding carboxylic acids is 1. The molecular weight excluding hydrogens is 585 g/mol. The first-order valence-electron chi connectivity index (χ1n) is 14.4. The number of likely N-dealkylation sites (N-methyl/N-ethyl adjacent to an activating group) is 1. The van der Waals surface area contributed by atoms with Crippen molar-refractivity contribution in [3.63, 3.8) is 0 Å². The fraction of sp³-hybridized carbons (Fsp3) is 0.344. The van der Waals surface area contributed by atoms with Crippen LogP contribution in [0.1, 0.15) is 37.9 Å². The van der Waals surface area contributed by atoms with Crippen molar-refractivity contribution in [2.45, 2.75) is 45.7 Å². The molecule has 1 fully saturated rings. The molecule has 44 heavy (non-hydrogen) atoms. The van der Waals surface area contributed by atoms with Crippen LogP contribution < -0.4 is 15.5 Å². The van der Waals surface area contributed by atoms with Crippen molar-refractivity contribution in [3.05, 3.63) is 75.7 Å². The van der Waals surface area contributed by atoms with Gasteiger partial charge in [0.2, 0.25) is 5.91 Å². The van der Waals surface area contributed by atoms with Gasteiger partial charge in [0.15, 0.2) is 11.5 Å². The molecule has 1 saturated heterocycles. The van der Waals surface area contributed by atoms with Crippen LogP contribution in [-0.4, -0.2) is 74.2 Å². The maximum atomic E-state index is 16.9. The number of hydrogen-bond acceptors (Lipinski definition) is 8. The van der Waals surface area contributed by atoms with Crippen LogP contribution in [0.5, 0.6) is 5.75 Å². The molecule has 2 unspecified atom stereocenters. The number of phenolic OH excluding ortho intramolecular Hbond substituents is 1. The van der Waals surface area contributed by atoms with Gasteiger partial charge in [-0.15, -0.1) is 0 Å². The second-order valence-corrected chi connectivity index (χ2v) is 12.2. The van der Waals surface area contributed by atoms with Gasteiger partial charge in [-0.3, -0.25) is 9.78 Å². The van der Waals surface area contributed by atoms with Crippen LogP contribution in [-0.2, 0) is 4.79 Å². The summed E-state index contributed by atoms with van der Waals surface area (Å²) in [6.45, 7) is 12.4. The molecule has 0 radical (unpaired) electrons. The van der Waals surface area contributed by atoms with Gasteiger partial charge in [0.25, 0.3) is 0 Å². The molecule has 4 aromatic rings. The largest absolute Gasteiger partial charge is 0.507 e. The molecule has 1 N–H and O–H groups in total. The number of piperazine rings is 1. The van der Waals surface area contributed by atoms with Crippen LogP contribution in [0.25, 0.3) is 28.0 Å². The molecule has 6 rings (SSSR count). The third kappa shape index (κ3) is 4.49. The number of aryl methyl sites for hydroxylation is 1. The minimum Gasteiger partial charge on any atom is -0.507 e. The first kappa shape index (κ1) is 29.6. The minimum atomic E-state index is -0.712. The second-order valence-electron chi connectivity index (χ2n) is 11.8. The normalized spacial score (nSPS) is 18.0. The molecule has 2 aliphatic rings. The van der Waals surface area contributed by atoms with E-state index < -0.39 is 11.5 Å². The zero-order chi connectivity index (χ0) is 31.6. The fourth-order valence-electron chi connectivity index (χ4n) is 6.44. The number of halogens is 2. The van der Waals surface area contributed by atoms with E-state index in [-0.39, 0.29) is 63.1 Å². The predicted molar refractivity (Wildman–Crippen MR) is 170 cm³/mol. The zero-order valence-electron chi connectivity index (χ0n) is 25.2. The molecular formula is C32H33ClFN7O3. The van der Waals surface area contributed by atoms with Crippen molar-refractivity contribution >= 4 is 40.0 Å². The molecule has 0 bridgehead atoms. The number of phenols is 1. The monoisotopic (exact) mass is 617 g/mol. The molecule has 2 aliphatic heterocycles. The topological polar surface area (TPSA) is 108 Å². The molecule has 10 nitrogen and oxygen atoms in total. The number of fused-ring (bicyclic) bond motifs is 2. The highest BCUT2D eigenvalue weighted by Crippen LogP contribution is 2.45. The van der Waals surface area contributed by atoms with E-state index in [0.717, 1.165) is 5.56 Å². The predicted octanol–water partition coefficient (Wildman–Crippen LogP) is 4.81. The maximum absolute atomic E-state index is 16.9. The summed E-state index contributed by atoms with van der Waals surface area (Å²) >= 11 is 6.53. The lowest BCUT2D eigenvalue weighted by Crippen LogP contribution is -2.61. The molecule has 5 heterocycles. The van der Waals surface area contributed by atoms with Crippen LogP contribution in [0.3, 0.4) is 0 Å². The number of aromatic hydroxyl groups is 1. The van der Waals surface area contributed by atoms with E-state index in [4.69, 9.17) is 16.6 Å². The molecule has 0 spiro atoms. The molecule has 3 aromatic heterocycles. The third-order valence-electron chi connectivity index (χ3n) is 8.51. The van der Waals surface area contributed by atoms with E-state index in [0.29, 0.717) is 36.4 Å². The molecule has 1 aromatic carbocycles. The average molecular weight is 618 g/mol. The molecule has 0 aliphatic carbocycles. The van der Waals surface area contributed by atoms with Crippen molar-refractivity contribution in [2.24, 2.45) is 0 Å². The van der Waals surface area contributed by atoms with Crippen molar-refractivity contribution < 1.29 is 14.3 Å². The van der Waals surface area contributed by atoms with Crippen LogP contribution in [0, 0.1) is 12.7 Å². The Kier molecular flexibility index (Phi) is 7.31. The van der Waals surface area contributed by atoms with Gasteiger partial charge < -0.3 is 19.8 Å². The number of anilines is 2. The fourth-order valence-corrected chi connectivity index (χ4v) is 6.70. The van der Waals surface area contributed by atoms with Gasteiger partial charge >= 0.3 is 5.69 Å². The third-order valence-corrected chi connectivity index (χ3v) is 8.83. The highest BCUT2D eigenvalue weighted by Gasteiger charge is 2.40. The quantitative estimate of drug-likeness (QED) is 0.325. The van der Waals surface area contributed by atoms with Gasteiger partial charge in [-0.1, -0.05) is 38.1 Å². The number of aromatic nitrogens is 4. The lowest BCUT2D eigenvalue weighted by atomic mass is 10.0. The number of pyridine rings is 2. The summed E-state index contributed by atoms with van der Waals surface area (Å²) in [5, 5.41) is 11.3. The van der Waals surface area contributed by atoms with E-state index in [9.17, 15) is 14.7 Å².